The Morgan fingerprint density at radius 1 is 1.17 bits per heavy atom. The van der Waals surface area contributed by atoms with Gasteiger partial charge in [-0.2, -0.15) is 0 Å². The van der Waals surface area contributed by atoms with Gasteiger partial charge in [0.25, 0.3) is 0 Å². The SMILES string of the molecule is Nc1ncnc2[nH]cnc12.[NaH].[NaH]. The Balaban J connectivity index is 0.000000605. The van der Waals surface area contributed by atoms with Gasteiger partial charge in [-0.25, -0.2) is 15.0 Å². The van der Waals surface area contributed by atoms with E-state index in [9.17, 15) is 0 Å². The molecule has 0 aliphatic carbocycles. The van der Waals surface area contributed by atoms with Gasteiger partial charge in [0.05, 0.1) is 6.33 Å². The molecule has 0 radical (unpaired) electrons. The van der Waals surface area contributed by atoms with Crippen LogP contribution in [0.4, 0.5) is 5.82 Å². The molecule has 0 unspecified atom stereocenters. The number of nitrogen functional groups attached to an aromatic ring is 1. The molecule has 54 valence electrons. The number of imidazole rings is 1. The van der Waals surface area contributed by atoms with Gasteiger partial charge in [-0.05, 0) is 0 Å². The van der Waals surface area contributed by atoms with E-state index in [-0.39, 0.29) is 59.1 Å². The first kappa shape index (κ1) is 12.3. The van der Waals surface area contributed by atoms with Crippen molar-refractivity contribution in [2.45, 2.75) is 0 Å². The van der Waals surface area contributed by atoms with E-state index in [0.29, 0.717) is 17.0 Å². The number of aromatic nitrogens is 4. The van der Waals surface area contributed by atoms with Crippen molar-refractivity contribution in [3.63, 3.8) is 0 Å². The maximum absolute atomic E-state index is 5.47. The molecule has 0 fully saturated rings. The number of nitrogens with one attached hydrogen (secondary N) is 1. The predicted octanol–water partition coefficient (Wildman–Crippen LogP) is -1.36. The molecule has 2 aromatic heterocycles. The van der Waals surface area contributed by atoms with Crippen LogP contribution in [0.3, 0.4) is 0 Å². The van der Waals surface area contributed by atoms with E-state index in [2.05, 4.69) is 19.9 Å². The summed E-state index contributed by atoms with van der Waals surface area (Å²) in [7, 11) is 0. The van der Waals surface area contributed by atoms with E-state index in [1.54, 1.807) is 0 Å². The van der Waals surface area contributed by atoms with Crippen molar-refractivity contribution in [1.82, 2.24) is 19.9 Å². The van der Waals surface area contributed by atoms with Crippen LogP contribution >= 0.6 is 0 Å². The number of rotatable bonds is 0. The van der Waals surface area contributed by atoms with Crippen molar-refractivity contribution in [3.05, 3.63) is 12.7 Å². The molecule has 2 rings (SSSR count). The summed E-state index contributed by atoms with van der Waals surface area (Å²) in [6.45, 7) is 0. The minimum atomic E-state index is 0. The number of fused-ring (bicyclic) bond motifs is 1. The molecule has 2 aromatic rings. The first-order valence-electron chi connectivity index (χ1n) is 2.77. The molecule has 0 spiro atoms. The van der Waals surface area contributed by atoms with Crippen LogP contribution in [0.5, 0.6) is 0 Å². The summed E-state index contributed by atoms with van der Waals surface area (Å²) in [4.78, 5) is 14.4. The molecule has 0 aromatic carbocycles. The number of nitrogens with zero attached hydrogens (tertiary/aromatic N) is 3. The molecule has 0 aliphatic heterocycles. The molecule has 3 N–H and O–H groups in total. The summed E-state index contributed by atoms with van der Waals surface area (Å²) in [6.07, 6.45) is 2.94. The van der Waals surface area contributed by atoms with Gasteiger partial charge in [-0.3, -0.25) is 0 Å². The van der Waals surface area contributed by atoms with Gasteiger partial charge in [0.1, 0.15) is 11.8 Å². The molecule has 0 bridgehead atoms. The summed E-state index contributed by atoms with van der Waals surface area (Å²) in [5.41, 5.74) is 6.77. The fraction of sp³-hybridized carbons (Fsp3) is 0. The Kier molecular flexibility index (Phi) is 5.31. The molecule has 0 amide bonds. The normalized spacial score (nSPS) is 8.67. The summed E-state index contributed by atoms with van der Waals surface area (Å²) in [5.74, 6) is 0.409. The second-order valence-electron chi connectivity index (χ2n) is 1.86. The number of aromatic amines is 1. The van der Waals surface area contributed by atoms with E-state index in [0.717, 1.165) is 0 Å². The third kappa shape index (κ3) is 2.18. The summed E-state index contributed by atoms with van der Waals surface area (Å²) in [5, 5.41) is 0. The molecular formula is C5H7N5Na2. The van der Waals surface area contributed by atoms with E-state index in [1.807, 2.05) is 0 Å². The Morgan fingerprint density at radius 3 is 2.58 bits per heavy atom. The van der Waals surface area contributed by atoms with E-state index in [1.165, 1.54) is 12.7 Å². The van der Waals surface area contributed by atoms with Crippen LogP contribution in [0.1, 0.15) is 0 Å². The van der Waals surface area contributed by atoms with Crippen molar-refractivity contribution < 1.29 is 0 Å². The van der Waals surface area contributed by atoms with Crippen molar-refractivity contribution in [1.29, 1.82) is 0 Å². The molecule has 0 saturated heterocycles. The van der Waals surface area contributed by atoms with Crippen molar-refractivity contribution in [3.8, 4) is 0 Å². The zero-order chi connectivity index (χ0) is 6.97. The van der Waals surface area contributed by atoms with Crippen molar-refractivity contribution in [2.24, 2.45) is 0 Å². The second kappa shape index (κ2) is 5.16. The van der Waals surface area contributed by atoms with Gasteiger partial charge in [0, 0.05) is 0 Å². The maximum atomic E-state index is 5.47. The Bertz CT molecular complexity index is 359. The third-order valence-electron chi connectivity index (χ3n) is 1.25. The van der Waals surface area contributed by atoms with Crippen molar-refractivity contribution >= 4 is 76.1 Å². The van der Waals surface area contributed by atoms with E-state index < -0.39 is 0 Å². The molecule has 0 aliphatic rings. The zero-order valence-corrected chi connectivity index (χ0v) is 5.07. The average molecular weight is 183 g/mol. The molecule has 5 nitrogen and oxygen atoms in total. The molecule has 0 saturated carbocycles. The topological polar surface area (TPSA) is 80.5 Å². The van der Waals surface area contributed by atoms with Crippen LogP contribution in [-0.4, -0.2) is 79.1 Å². The second-order valence-corrected chi connectivity index (χ2v) is 1.86. The number of hydrogen-bond acceptors (Lipinski definition) is 4. The number of anilines is 1. The van der Waals surface area contributed by atoms with Gasteiger partial charge < -0.3 is 10.7 Å². The molecule has 0 atom stereocenters. The van der Waals surface area contributed by atoms with E-state index in [4.69, 9.17) is 5.73 Å². The fourth-order valence-corrected chi connectivity index (χ4v) is 0.783. The first-order valence-corrected chi connectivity index (χ1v) is 2.77. The molecular weight excluding hydrogens is 176 g/mol. The van der Waals surface area contributed by atoms with Crippen molar-refractivity contribution in [2.75, 3.05) is 5.73 Å². The number of H-pyrrole nitrogens is 1. The van der Waals surface area contributed by atoms with Crippen LogP contribution in [0.15, 0.2) is 12.7 Å². The van der Waals surface area contributed by atoms with Gasteiger partial charge in [-0.15, -0.1) is 0 Å². The minimum absolute atomic E-state index is 0. The Hall–Kier alpha value is 0.350. The summed E-state index contributed by atoms with van der Waals surface area (Å²) < 4.78 is 0. The molecule has 12 heavy (non-hydrogen) atoms. The van der Waals surface area contributed by atoms with Gasteiger partial charge >= 0.3 is 59.1 Å². The fourth-order valence-electron chi connectivity index (χ4n) is 0.783. The standard InChI is InChI=1S/C5H5N5.2Na.2H/c6-4-3-5(9-1-7-3)10-2-8-4;;;;/h1-2H,(H3,6,7,8,9,10);;;;. The van der Waals surface area contributed by atoms with Crippen LogP contribution in [0.2, 0.25) is 0 Å². The van der Waals surface area contributed by atoms with Crippen LogP contribution in [-0.2, 0) is 0 Å². The summed E-state index contributed by atoms with van der Waals surface area (Å²) >= 11 is 0. The van der Waals surface area contributed by atoms with Crippen LogP contribution in [0, 0.1) is 0 Å². The number of nitrogens with two attached hydrogens (primary N) is 1. The quantitative estimate of drug-likeness (QED) is 0.494. The van der Waals surface area contributed by atoms with Gasteiger partial charge in [0.15, 0.2) is 11.5 Å². The van der Waals surface area contributed by atoms with Crippen LogP contribution < -0.4 is 5.73 Å². The monoisotopic (exact) mass is 183 g/mol. The summed E-state index contributed by atoms with van der Waals surface area (Å²) in [6, 6.07) is 0. The van der Waals surface area contributed by atoms with Gasteiger partial charge in [-0.1, -0.05) is 0 Å². The first-order chi connectivity index (χ1) is 4.88. The Morgan fingerprint density at radius 2 is 1.92 bits per heavy atom. The molecule has 2 heterocycles. The third-order valence-corrected chi connectivity index (χ3v) is 1.25. The Labute approximate surface area is 113 Å². The zero-order valence-electron chi connectivity index (χ0n) is 5.07. The average Bonchev–Trinajstić information content (AvgIpc) is 2.36. The predicted molar refractivity (Wildman–Crippen MR) is 50.4 cm³/mol. The molecule has 7 heteroatoms. The number of hydrogen-bond donors (Lipinski definition) is 2. The van der Waals surface area contributed by atoms with Crippen LogP contribution in [0.25, 0.3) is 11.2 Å². The van der Waals surface area contributed by atoms with Gasteiger partial charge in [0.2, 0.25) is 0 Å². The van der Waals surface area contributed by atoms with E-state index >= 15 is 0 Å².